The molecule has 0 unspecified atom stereocenters. The molecule has 28 heavy (non-hydrogen) atoms. The molecule has 0 spiro atoms. The van der Waals surface area contributed by atoms with Gasteiger partial charge in [0.2, 0.25) is 0 Å². The standard InChI is InChI=1S/C20H24N2O5S/c1-14(2)15(3)21-19(23)13-27-20(24)16-8-7-9-17(12-16)22-28(25,26)18-10-5-4-6-11-18/h4-12,14-15,22H,13H2,1-3H3,(H,21,23)/t15-/m0/s1. The summed E-state index contributed by atoms with van der Waals surface area (Å²) in [6.07, 6.45) is 0. The maximum Gasteiger partial charge on any atom is 0.338 e. The fraction of sp³-hybridized carbons (Fsp3) is 0.300. The number of sulfonamides is 1. The van der Waals surface area contributed by atoms with Gasteiger partial charge in [-0.25, -0.2) is 13.2 Å². The molecule has 0 saturated carbocycles. The third-order valence-electron chi connectivity index (χ3n) is 4.13. The Bertz CT molecular complexity index is 927. The Hall–Kier alpha value is -2.87. The summed E-state index contributed by atoms with van der Waals surface area (Å²) < 4.78 is 32.2. The molecule has 0 aliphatic heterocycles. The van der Waals surface area contributed by atoms with Crippen LogP contribution >= 0.6 is 0 Å². The SMILES string of the molecule is CC(C)[C@H](C)NC(=O)COC(=O)c1cccc(NS(=O)(=O)c2ccccc2)c1. The number of benzene rings is 2. The molecule has 2 N–H and O–H groups in total. The van der Waals surface area contributed by atoms with Crippen molar-refractivity contribution in [3.05, 3.63) is 60.2 Å². The van der Waals surface area contributed by atoms with Gasteiger partial charge in [-0.15, -0.1) is 0 Å². The van der Waals surface area contributed by atoms with E-state index in [2.05, 4.69) is 10.0 Å². The van der Waals surface area contributed by atoms with Crippen molar-refractivity contribution >= 4 is 27.6 Å². The molecule has 0 aliphatic carbocycles. The van der Waals surface area contributed by atoms with Gasteiger partial charge in [0.15, 0.2) is 6.61 Å². The van der Waals surface area contributed by atoms with E-state index in [1.165, 1.54) is 36.4 Å². The lowest BCUT2D eigenvalue weighted by Gasteiger charge is -2.17. The van der Waals surface area contributed by atoms with Gasteiger partial charge in [0, 0.05) is 11.7 Å². The van der Waals surface area contributed by atoms with Crippen molar-refractivity contribution in [2.24, 2.45) is 5.92 Å². The first-order valence-electron chi connectivity index (χ1n) is 8.83. The van der Waals surface area contributed by atoms with Crippen molar-refractivity contribution in [3.63, 3.8) is 0 Å². The Kier molecular flexibility index (Phi) is 7.17. The van der Waals surface area contributed by atoms with E-state index < -0.39 is 28.5 Å². The molecule has 0 aliphatic rings. The van der Waals surface area contributed by atoms with E-state index in [0.717, 1.165) is 0 Å². The summed E-state index contributed by atoms with van der Waals surface area (Å²) >= 11 is 0. The largest absolute Gasteiger partial charge is 0.452 e. The zero-order valence-corrected chi connectivity index (χ0v) is 16.8. The average Bonchev–Trinajstić information content (AvgIpc) is 2.66. The minimum atomic E-state index is -3.77. The van der Waals surface area contributed by atoms with Crippen molar-refractivity contribution in [2.75, 3.05) is 11.3 Å². The van der Waals surface area contributed by atoms with Gasteiger partial charge in [-0.3, -0.25) is 9.52 Å². The summed E-state index contributed by atoms with van der Waals surface area (Å²) in [5.74, 6) is -0.849. The fourth-order valence-electron chi connectivity index (χ4n) is 2.20. The second-order valence-corrected chi connectivity index (χ2v) is 8.36. The summed E-state index contributed by atoms with van der Waals surface area (Å²) in [6, 6.07) is 13.7. The predicted molar refractivity (Wildman–Crippen MR) is 106 cm³/mol. The summed E-state index contributed by atoms with van der Waals surface area (Å²) in [7, 11) is -3.77. The van der Waals surface area contributed by atoms with Crippen LogP contribution in [-0.4, -0.2) is 32.9 Å². The van der Waals surface area contributed by atoms with Crippen LogP contribution < -0.4 is 10.0 Å². The third kappa shape index (κ3) is 6.09. The minimum Gasteiger partial charge on any atom is -0.452 e. The van der Waals surface area contributed by atoms with Crippen LogP contribution in [0.25, 0.3) is 0 Å². The first kappa shape index (κ1) is 21.4. The van der Waals surface area contributed by atoms with Gasteiger partial charge in [-0.1, -0.05) is 38.1 Å². The number of carbonyl (C=O) groups excluding carboxylic acids is 2. The van der Waals surface area contributed by atoms with Crippen molar-refractivity contribution in [1.82, 2.24) is 5.32 Å². The number of hydrogen-bond donors (Lipinski definition) is 2. The van der Waals surface area contributed by atoms with E-state index in [9.17, 15) is 18.0 Å². The van der Waals surface area contributed by atoms with Crippen LogP contribution in [0.5, 0.6) is 0 Å². The molecule has 2 rings (SSSR count). The topological polar surface area (TPSA) is 102 Å². The van der Waals surface area contributed by atoms with E-state index in [0.29, 0.717) is 0 Å². The van der Waals surface area contributed by atoms with Gasteiger partial charge in [0.1, 0.15) is 0 Å². The van der Waals surface area contributed by atoms with E-state index >= 15 is 0 Å². The van der Waals surface area contributed by atoms with Gasteiger partial charge < -0.3 is 10.1 Å². The quantitative estimate of drug-likeness (QED) is 0.659. The predicted octanol–water partition coefficient (Wildman–Crippen LogP) is 2.80. The molecule has 2 aromatic carbocycles. The molecule has 0 bridgehead atoms. The summed E-state index contributed by atoms with van der Waals surface area (Å²) in [6.45, 7) is 5.40. The number of amides is 1. The summed E-state index contributed by atoms with van der Waals surface area (Å²) in [4.78, 5) is 24.1. The van der Waals surface area contributed by atoms with Crippen molar-refractivity contribution in [1.29, 1.82) is 0 Å². The second kappa shape index (κ2) is 9.36. The number of carbonyl (C=O) groups is 2. The number of rotatable bonds is 8. The highest BCUT2D eigenvalue weighted by atomic mass is 32.2. The van der Waals surface area contributed by atoms with Crippen LogP contribution in [0.2, 0.25) is 0 Å². The lowest BCUT2D eigenvalue weighted by molar-refractivity contribution is -0.125. The van der Waals surface area contributed by atoms with E-state index in [1.54, 1.807) is 18.2 Å². The Morgan fingerprint density at radius 1 is 1.00 bits per heavy atom. The van der Waals surface area contributed by atoms with Crippen LogP contribution in [-0.2, 0) is 19.6 Å². The molecule has 0 heterocycles. The number of ether oxygens (including phenoxy) is 1. The first-order chi connectivity index (χ1) is 13.2. The Morgan fingerprint density at radius 2 is 1.68 bits per heavy atom. The van der Waals surface area contributed by atoms with Gasteiger partial charge in [-0.05, 0) is 43.2 Å². The summed E-state index contributed by atoms with van der Waals surface area (Å²) in [5.41, 5.74) is 0.356. The molecule has 0 radical (unpaired) electrons. The van der Waals surface area contributed by atoms with Crippen LogP contribution in [0.4, 0.5) is 5.69 Å². The van der Waals surface area contributed by atoms with Gasteiger partial charge in [0.05, 0.1) is 10.5 Å². The summed E-state index contributed by atoms with van der Waals surface area (Å²) in [5, 5.41) is 2.74. The molecule has 1 amide bonds. The highest BCUT2D eigenvalue weighted by molar-refractivity contribution is 7.92. The minimum absolute atomic E-state index is 0.0399. The Balaban J connectivity index is 2.00. The van der Waals surface area contributed by atoms with E-state index in [-0.39, 0.29) is 28.1 Å². The number of anilines is 1. The molecule has 0 aromatic heterocycles. The van der Waals surface area contributed by atoms with Crippen LogP contribution in [0, 0.1) is 5.92 Å². The number of esters is 1. The molecule has 2 aromatic rings. The first-order valence-corrected chi connectivity index (χ1v) is 10.3. The van der Waals surface area contributed by atoms with Gasteiger partial charge in [-0.2, -0.15) is 0 Å². The molecular formula is C20H24N2O5S. The van der Waals surface area contributed by atoms with E-state index in [4.69, 9.17) is 4.74 Å². The average molecular weight is 404 g/mol. The lowest BCUT2D eigenvalue weighted by Crippen LogP contribution is -2.38. The fourth-order valence-corrected chi connectivity index (χ4v) is 3.27. The number of hydrogen-bond acceptors (Lipinski definition) is 5. The second-order valence-electron chi connectivity index (χ2n) is 6.68. The third-order valence-corrected chi connectivity index (χ3v) is 5.52. The normalized spacial score (nSPS) is 12.3. The highest BCUT2D eigenvalue weighted by Gasteiger charge is 2.16. The van der Waals surface area contributed by atoms with Crippen LogP contribution in [0.15, 0.2) is 59.5 Å². The van der Waals surface area contributed by atoms with Crippen LogP contribution in [0.1, 0.15) is 31.1 Å². The monoisotopic (exact) mass is 404 g/mol. The molecule has 1 atom stereocenters. The van der Waals surface area contributed by atoms with Crippen molar-refractivity contribution in [3.8, 4) is 0 Å². The molecule has 8 heteroatoms. The lowest BCUT2D eigenvalue weighted by atomic mass is 10.1. The molecular weight excluding hydrogens is 380 g/mol. The zero-order valence-electron chi connectivity index (χ0n) is 16.0. The molecule has 0 saturated heterocycles. The maximum atomic E-state index is 12.4. The molecule has 7 nitrogen and oxygen atoms in total. The number of nitrogens with one attached hydrogen (secondary N) is 2. The molecule has 150 valence electrons. The highest BCUT2D eigenvalue weighted by Crippen LogP contribution is 2.17. The zero-order chi connectivity index (χ0) is 20.7. The van der Waals surface area contributed by atoms with Gasteiger partial charge in [0.25, 0.3) is 15.9 Å². The Labute approximate surface area is 165 Å². The maximum absolute atomic E-state index is 12.4. The van der Waals surface area contributed by atoms with Gasteiger partial charge >= 0.3 is 5.97 Å². The van der Waals surface area contributed by atoms with E-state index in [1.807, 2.05) is 20.8 Å². The van der Waals surface area contributed by atoms with Crippen molar-refractivity contribution in [2.45, 2.75) is 31.7 Å². The van der Waals surface area contributed by atoms with Crippen LogP contribution in [0.3, 0.4) is 0 Å². The molecule has 0 fully saturated rings. The smallest absolute Gasteiger partial charge is 0.338 e. The Morgan fingerprint density at radius 3 is 2.32 bits per heavy atom. The van der Waals surface area contributed by atoms with Crippen molar-refractivity contribution < 1.29 is 22.7 Å².